The van der Waals surface area contributed by atoms with Gasteiger partial charge in [-0.15, -0.1) is 0 Å². The summed E-state index contributed by atoms with van der Waals surface area (Å²) in [6, 6.07) is 17.1. The van der Waals surface area contributed by atoms with Crippen LogP contribution in [0.4, 0.5) is 0 Å². The number of carbonyl (C=O) groups excluding carboxylic acids is 2. The fourth-order valence-corrected chi connectivity index (χ4v) is 4.60. The summed E-state index contributed by atoms with van der Waals surface area (Å²) in [5, 5.41) is 7.86. The van der Waals surface area contributed by atoms with E-state index in [0.29, 0.717) is 0 Å². The van der Waals surface area contributed by atoms with E-state index in [1.165, 1.54) is 34.7 Å². The van der Waals surface area contributed by atoms with Gasteiger partial charge in [0.05, 0.1) is 12.4 Å². The number of rotatable bonds is 7. The van der Waals surface area contributed by atoms with Gasteiger partial charge in [0, 0.05) is 11.8 Å². The van der Waals surface area contributed by atoms with Crippen molar-refractivity contribution in [2.45, 2.75) is 77.0 Å². The molecule has 2 aliphatic carbocycles. The molecule has 6 heteroatoms. The highest BCUT2D eigenvalue weighted by Crippen LogP contribution is 2.48. The number of carbonyl (C=O) groups is 2. The summed E-state index contributed by atoms with van der Waals surface area (Å²) in [6.07, 6.45) is 4.43. The fraction of sp³-hybridized carbons (Fsp3) is 0.467. The molecule has 2 saturated carbocycles. The number of nitrogens with zero attached hydrogens (tertiary/aromatic N) is 2. The van der Waals surface area contributed by atoms with Crippen molar-refractivity contribution in [3.63, 3.8) is 0 Å². The van der Waals surface area contributed by atoms with Crippen molar-refractivity contribution in [3.05, 3.63) is 70.8 Å². The zero-order valence-corrected chi connectivity index (χ0v) is 22.2. The number of hydrogen-bond donors (Lipinski definition) is 2. The van der Waals surface area contributed by atoms with Crippen LogP contribution in [0, 0.1) is 11.8 Å². The molecule has 0 bridgehead atoms. The topological polar surface area (TPSA) is 82.9 Å². The molecule has 0 unspecified atom stereocenters. The first kappa shape index (κ1) is 25.8. The molecule has 190 valence electrons. The van der Waals surface area contributed by atoms with E-state index in [0.717, 1.165) is 12.8 Å². The summed E-state index contributed by atoms with van der Waals surface area (Å²) in [5.41, 5.74) is 10.3. The van der Waals surface area contributed by atoms with E-state index in [4.69, 9.17) is 0 Å². The molecule has 0 radical (unpaired) electrons. The Kier molecular flexibility index (Phi) is 7.17. The van der Waals surface area contributed by atoms with Crippen molar-refractivity contribution in [2.24, 2.45) is 22.0 Å². The molecule has 2 amide bonds. The Hall–Kier alpha value is -3.28. The van der Waals surface area contributed by atoms with E-state index in [1.807, 2.05) is 0 Å². The molecule has 0 spiro atoms. The third kappa shape index (κ3) is 6.28. The van der Waals surface area contributed by atoms with E-state index in [2.05, 4.69) is 111 Å². The molecule has 4 rings (SSSR count). The minimum Gasteiger partial charge on any atom is -0.273 e. The smallest absolute Gasteiger partial charge is 0.243 e. The summed E-state index contributed by atoms with van der Waals surface area (Å²) in [5.74, 6) is 0.211. The van der Waals surface area contributed by atoms with Crippen LogP contribution in [-0.4, -0.2) is 24.2 Å². The number of benzene rings is 2. The summed E-state index contributed by atoms with van der Waals surface area (Å²) >= 11 is 0. The molecule has 2 aliphatic rings. The molecule has 0 saturated heterocycles. The molecule has 2 N–H and O–H groups in total. The van der Waals surface area contributed by atoms with Gasteiger partial charge in [0.25, 0.3) is 0 Å². The lowest BCUT2D eigenvalue weighted by atomic mass is 9.86. The van der Waals surface area contributed by atoms with E-state index < -0.39 is 0 Å². The zero-order chi connectivity index (χ0) is 26.1. The van der Waals surface area contributed by atoms with Crippen LogP contribution < -0.4 is 10.9 Å². The normalized spacial score (nSPS) is 23.6. The monoisotopic (exact) mass is 486 g/mol. The van der Waals surface area contributed by atoms with Crippen LogP contribution in [0.3, 0.4) is 0 Å². The molecule has 2 aromatic carbocycles. The Morgan fingerprint density at radius 3 is 1.31 bits per heavy atom. The maximum atomic E-state index is 12.4. The van der Waals surface area contributed by atoms with Crippen LogP contribution in [0.25, 0.3) is 0 Å². The molecule has 4 atom stereocenters. The van der Waals surface area contributed by atoms with Crippen molar-refractivity contribution in [1.82, 2.24) is 10.9 Å². The molecule has 0 aromatic heterocycles. The van der Waals surface area contributed by atoms with Gasteiger partial charge in [0.2, 0.25) is 11.8 Å². The van der Waals surface area contributed by atoms with E-state index >= 15 is 0 Å². The molecule has 2 fully saturated rings. The standard InChI is InChI=1S/C30H38N4O2/c1-29(2,3)21-11-7-19(8-12-21)23-17-25(23)27(35)33-31-15-16-32-34-28(36)26-18-24(26)20-9-13-22(14-10-20)30(4,5)6/h7-16,23-26H,17-18H2,1-6H3,(H,33,35)(H,34,36)/b31-15-,32-16-/t23-,24+,25-,26-/m0/s1. The second-order valence-electron chi connectivity index (χ2n) is 12.1. The number of amides is 2. The first-order chi connectivity index (χ1) is 16.9. The van der Waals surface area contributed by atoms with E-state index in [1.54, 1.807) is 0 Å². The zero-order valence-electron chi connectivity index (χ0n) is 22.2. The quantitative estimate of drug-likeness (QED) is 0.406. The predicted molar refractivity (Wildman–Crippen MR) is 145 cm³/mol. The average Bonchev–Trinajstić information content (AvgIpc) is 3.74. The Labute approximate surface area is 214 Å². The molecule has 0 heterocycles. The molecule has 36 heavy (non-hydrogen) atoms. The third-order valence-electron chi connectivity index (χ3n) is 7.23. The van der Waals surface area contributed by atoms with Gasteiger partial charge in [-0.25, -0.2) is 10.9 Å². The molecular weight excluding hydrogens is 448 g/mol. The second kappa shape index (κ2) is 10.00. The lowest BCUT2D eigenvalue weighted by molar-refractivity contribution is -0.123. The Morgan fingerprint density at radius 1 is 0.667 bits per heavy atom. The van der Waals surface area contributed by atoms with Gasteiger partial charge in [-0.1, -0.05) is 90.1 Å². The molecule has 6 nitrogen and oxygen atoms in total. The largest absolute Gasteiger partial charge is 0.273 e. The van der Waals surface area contributed by atoms with Crippen LogP contribution >= 0.6 is 0 Å². The summed E-state index contributed by atoms with van der Waals surface area (Å²) in [6.45, 7) is 13.2. The van der Waals surface area contributed by atoms with Crippen molar-refractivity contribution in [1.29, 1.82) is 0 Å². The third-order valence-corrected chi connectivity index (χ3v) is 7.23. The number of hydrazone groups is 2. The Morgan fingerprint density at radius 2 is 1.00 bits per heavy atom. The van der Waals surface area contributed by atoms with Gasteiger partial charge in [-0.2, -0.15) is 10.2 Å². The Bertz CT molecular complexity index is 1060. The van der Waals surface area contributed by atoms with Crippen LogP contribution in [0.1, 0.15) is 88.5 Å². The van der Waals surface area contributed by atoms with Crippen LogP contribution in [0.15, 0.2) is 58.7 Å². The highest BCUT2D eigenvalue weighted by molar-refractivity contribution is 6.16. The van der Waals surface area contributed by atoms with Crippen LogP contribution in [0.2, 0.25) is 0 Å². The average molecular weight is 487 g/mol. The molecular formula is C30H38N4O2. The first-order valence-electron chi connectivity index (χ1n) is 12.8. The highest BCUT2D eigenvalue weighted by Gasteiger charge is 2.44. The number of nitrogens with one attached hydrogen (secondary N) is 2. The minimum atomic E-state index is -0.0908. The highest BCUT2D eigenvalue weighted by atomic mass is 16.2. The van der Waals surface area contributed by atoms with E-state index in [9.17, 15) is 9.59 Å². The van der Waals surface area contributed by atoms with Gasteiger partial charge in [-0.3, -0.25) is 9.59 Å². The van der Waals surface area contributed by atoms with Gasteiger partial charge in [0.1, 0.15) is 0 Å². The molecule has 0 aliphatic heterocycles. The Balaban J connectivity index is 1.16. The second-order valence-corrected chi connectivity index (χ2v) is 12.1. The van der Waals surface area contributed by atoms with Crippen LogP contribution in [-0.2, 0) is 20.4 Å². The van der Waals surface area contributed by atoms with Crippen molar-refractivity contribution < 1.29 is 9.59 Å². The first-order valence-corrected chi connectivity index (χ1v) is 12.8. The maximum Gasteiger partial charge on any atom is 0.243 e. The van der Waals surface area contributed by atoms with Gasteiger partial charge < -0.3 is 0 Å². The SMILES string of the molecule is CC(C)(C)c1ccc([C@H]2C[C@@H]2C(=O)N/N=C\C=N/NC(=O)[C@H]2C[C@H]2c2ccc(C(C)(C)C)cc2)cc1. The summed E-state index contributed by atoms with van der Waals surface area (Å²) in [7, 11) is 0. The van der Waals surface area contributed by atoms with Crippen molar-refractivity contribution >= 4 is 24.2 Å². The maximum absolute atomic E-state index is 12.4. The van der Waals surface area contributed by atoms with Crippen LogP contribution in [0.5, 0.6) is 0 Å². The summed E-state index contributed by atoms with van der Waals surface area (Å²) in [4.78, 5) is 24.7. The predicted octanol–water partition coefficient (Wildman–Crippen LogP) is 5.39. The van der Waals surface area contributed by atoms with E-state index in [-0.39, 0.29) is 46.3 Å². The fourth-order valence-electron chi connectivity index (χ4n) is 4.60. The van der Waals surface area contributed by atoms with Gasteiger partial charge in [0.15, 0.2) is 0 Å². The van der Waals surface area contributed by atoms with Crippen molar-refractivity contribution in [3.8, 4) is 0 Å². The molecule has 2 aromatic rings. The van der Waals surface area contributed by atoms with Gasteiger partial charge in [-0.05, 0) is 57.8 Å². The van der Waals surface area contributed by atoms with Gasteiger partial charge >= 0.3 is 0 Å². The van der Waals surface area contributed by atoms with Crippen molar-refractivity contribution in [2.75, 3.05) is 0 Å². The lowest BCUT2D eigenvalue weighted by Crippen LogP contribution is -2.21. The lowest BCUT2D eigenvalue weighted by Gasteiger charge is -2.19. The number of hydrogen-bond acceptors (Lipinski definition) is 4. The summed E-state index contributed by atoms with van der Waals surface area (Å²) < 4.78 is 0. The minimum absolute atomic E-state index is 0.0523.